The molecule has 0 fully saturated rings. The first kappa shape index (κ1) is 12.8. The van der Waals surface area contributed by atoms with Crippen LogP contribution in [0.1, 0.15) is 17.4 Å². The average Bonchev–Trinajstić information content (AvgIpc) is 2.35. The van der Waals surface area contributed by atoms with Gasteiger partial charge in [-0.05, 0) is 18.4 Å². The third-order valence-corrected chi connectivity index (χ3v) is 3.00. The Hall–Kier alpha value is -1.30. The van der Waals surface area contributed by atoms with Crippen LogP contribution in [0.5, 0.6) is 0 Å². The first-order valence-electron chi connectivity index (χ1n) is 4.86. The molecular weight excluding hydrogens is 226 g/mol. The van der Waals surface area contributed by atoms with Gasteiger partial charge in [-0.25, -0.2) is 4.79 Å². The highest BCUT2D eigenvalue weighted by molar-refractivity contribution is 7.99. The Kier molecular flexibility index (Phi) is 5.04. The molecule has 1 heterocycles. The summed E-state index contributed by atoms with van der Waals surface area (Å²) >= 11 is 1.77. The number of hydrogen-bond acceptors (Lipinski definition) is 6. The van der Waals surface area contributed by atoms with Crippen molar-refractivity contribution >= 4 is 23.5 Å². The second-order valence-electron chi connectivity index (χ2n) is 3.22. The molecule has 1 rings (SSSR count). The van der Waals surface area contributed by atoms with E-state index < -0.39 is 5.97 Å². The highest BCUT2D eigenvalue weighted by Gasteiger charge is 2.07. The Morgan fingerprint density at radius 3 is 2.81 bits per heavy atom. The molecule has 0 amide bonds. The molecule has 88 valence electrons. The highest BCUT2D eigenvalue weighted by Crippen LogP contribution is 2.07. The van der Waals surface area contributed by atoms with E-state index >= 15 is 0 Å². The van der Waals surface area contributed by atoms with Crippen LogP contribution in [-0.2, 0) is 4.74 Å². The predicted octanol–water partition coefficient (Wildman–Crippen LogP) is 1.43. The van der Waals surface area contributed by atoms with E-state index in [2.05, 4.69) is 33.4 Å². The maximum Gasteiger partial charge on any atom is 0.358 e. The van der Waals surface area contributed by atoms with E-state index in [0.29, 0.717) is 11.1 Å². The minimum atomic E-state index is -0.475. The monoisotopic (exact) mass is 241 g/mol. The van der Waals surface area contributed by atoms with Crippen molar-refractivity contribution < 1.29 is 9.53 Å². The summed E-state index contributed by atoms with van der Waals surface area (Å²) in [4.78, 5) is 11.1. The van der Waals surface area contributed by atoms with E-state index in [1.54, 1.807) is 23.9 Å². The number of ether oxygens (including phenoxy) is 1. The number of methoxy groups -OCH3 is 1. The molecule has 1 unspecified atom stereocenters. The van der Waals surface area contributed by atoms with E-state index in [0.717, 1.165) is 6.54 Å². The lowest BCUT2D eigenvalue weighted by molar-refractivity contribution is 0.0593. The Morgan fingerprint density at radius 2 is 2.31 bits per heavy atom. The van der Waals surface area contributed by atoms with Crippen molar-refractivity contribution in [3.63, 3.8) is 0 Å². The van der Waals surface area contributed by atoms with Crippen LogP contribution in [0, 0.1) is 0 Å². The van der Waals surface area contributed by atoms with Crippen molar-refractivity contribution in [2.45, 2.75) is 12.2 Å². The van der Waals surface area contributed by atoms with Crippen LogP contribution < -0.4 is 5.32 Å². The van der Waals surface area contributed by atoms with Gasteiger partial charge < -0.3 is 10.1 Å². The van der Waals surface area contributed by atoms with Crippen LogP contribution in [0.15, 0.2) is 12.1 Å². The minimum absolute atomic E-state index is 0.214. The Balaban J connectivity index is 2.54. The Labute approximate surface area is 99.0 Å². The molecule has 0 radical (unpaired) electrons. The van der Waals surface area contributed by atoms with E-state index in [1.807, 2.05) is 0 Å². The number of hydrogen-bond donors (Lipinski definition) is 1. The summed E-state index contributed by atoms with van der Waals surface area (Å²) in [6.07, 6.45) is 2.05. The zero-order chi connectivity index (χ0) is 12.0. The predicted molar refractivity (Wildman–Crippen MR) is 64.8 cm³/mol. The number of nitrogens with zero attached hydrogens (tertiary/aromatic N) is 2. The van der Waals surface area contributed by atoms with Crippen LogP contribution in [0.2, 0.25) is 0 Å². The second-order valence-corrected chi connectivity index (χ2v) is 4.50. The smallest absolute Gasteiger partial charge is 0.358 e. The van der Waals surface area contributed by atoms with Gasteiger partial charge in [0.05, 0.1) is 7.11 Å². The van der Waals surface area contributed by atoms with Gasteiger partial charge in [0.15, 0.2) is 5.69 Å². The van der Waals surface area contributed by atoms with Gasteiger partial charge in [-0.15, -0.1) is 10.2 Å². The molecule has 1 aromatic heterocycles. The van der Waals surface area contributed by atoms with Crippen LogP contribution in [-0.4, -0.2) is 41.3 Å². The van der Waals surface area contributed by atoms with Gasteiger partial charge in [-0.1, -0.05) is 6.92 Å². The molecule has 1 atom stereocenters. The first-order valence-corrected chi connectivity index (χ1v) is 6.15. The number of esters is 1. The molecule has 5 nitrogen and oxygen atoms in total. The summed E-state index contributed by atoms with van der Waals surface area (Å²) in [6, 6.07) is 3.30. The lowest BCUT2D eigenvalue weighted by Gasteiger charge is -2.09. The normalized spacial score (nSPS) is 11.9. The van der Waals surface area contributed by atoms with Crippen molar-refractivity contribution in [1.29, 1.82) is 0 Å². The summed E-state index contributed by atoms with van der Waals surface area (Å²) in [5.74, 6) is 0.185. The molecule has 0 bridgehead atoms. The van der Waals surface area contributed by atoms with Crippen LogP contribution >= 0.6 is 11.8 Å². The summed E-state index contributed by atoms with van der Waals surface area (Å²) in [6.45, 7) is 2.93. The molecule has 6 heteroatoms. The van der Waals surface area contributed by atoms with Gasteiger partial charge in [0.1, 0.15) is 5.82 Å². The van der Waals surface area contributed by atoms with Crippen molar-refractivity contribution in [1.82, 2.24) is 10.2 Å². The quantitative estimate of drug-likeness (QED) is 0.787. The maximum absolute atomic E-state index is 11.1. The molecular formula is C10H15N3O2S. The number of rotatable bonds is 5. The fourth-order valence-corrected chi connectivity index (χ4v) is 1.22. The van der Waals surface area contributed by atoms with Gasteiger partial charge in [-0.2, -0.15) is 11.8 Å². The molecule has 0 spiro atoms. The highest BCUT2D eigenvalue weighted by atomic mass is 32.2. The van der Waals surface area contributed by atoms with Gasteiger partial charge in [-0.3, -0.25) is 0 Å². The summed E-state index contributed by atoms with van der Waals surface area (Å²) in [5, 5.41) is 11.3. The number of carbonyl (C=O) groups excluding carboxylic acids is 1. The number of aromatic nitrogens is 2. The van der Waals surface area contributed by atoms with Crippen LogP contribution in [0.4, 0.5) is 5.82 Å². The number of nitrogens with one attached hydrogen (secondary N) is 1. The van der Waals surface area contributed by atoms with Crippen LogP contribution in [0.25, 0.3) is 0 Å². The molecule has 0 aliphatic carbocycles. The Morgan fingerprint density at radius 1 is 1.56 bits per heavy atom. The van der Waals surface area contributed by atoms with Crippen LogP contribution in [0.3, 0.4) is 0 Å². The molecule has 16 heavy (non-hydrogen) atoms. The van der Waals surface area contributed by atoms with Gasteiger partial charge in [0.25, 0.3) is 0 Å². The first-order chi connectivity index (χ1) is 7.67. The van der Waals surface area contributed by atoms with Gasteiger partial charge in [0.2, 0.25) is 0 Å². The lowest BCUT2D eigenvalue weighted by Crippen LogP contribution is -2.14. The lowest BCUT2D eigenvalue weighted by atomic mass is 10.4. The van der Waals surface area contributed by atoms with Gasteiger partial charge in [0, 0.05) is 11.8 Å². The third kappa shape index (κ3) is 3.69. The molecule has 1 aromatic rings. The zero-order valence-electron chi connectivity index (χ0n) is 9.56. The number of carbonyl (C=O) groups is 1. The molecule has 1 N–H and O–H groups in total. The van der Waals surface area contributed by atoms with Crippen molar-refractivity contribution in [3.8, 4) is 0 Å². The molecule has 0 saturated heterocycles. The largest absolute Gasteiger partial charge is 0.464 e. The molecule has 0 aliphatic heterocycles. The Bertz CT molecular complexity index is 342. The molecule has 0 saturated carbocycles. The van der Waals surface area contributed by atoms with Gasteiger partial charge >= 0.3 is 5.97 Å². The number of anilines is 1. The number of thioether (sulfide) groups is 1. The molecule has 0 aliphatic rings. The minimum Gasteiger partial charge on any atom is -0.464 e. The second kappa shape index (κ2) is 6.32. The SMILES string of the molecule is COC(=O)c1ccc(NCC(C)SC)nn1. The maximum atomic E-state index is 11.1. The van der Waals surface area contributed by atoms with Crippen molar-refractivity contribution in [2.75, 3.05) is 25.2 Å². The standard InChI is InChI=1S/C10H15N3O2S/c1-7(16-3)6-11-9-5-4-8(12-13-9)10(14)15-2/h4-5,7H,6H2,1-3H3,(H,11,13). The fourth-order valence-electron chi connectivity index (χ4n) is 0.972. The average molecular weight is 241 g/mol. The fraction of sp³-hybridized carbons (Fsp3) is 0.500. The summed E-state index contributed by atoms with van der Waals surface area (Å²) in [7, 11) is 1.32. The van der Waals surface area contributed by atoms with E-state index in [4.69, 9.17) is 0 Å². The van der Waals surface area contributed by atoms with E-state index in [9.17, 15) is 4.79 Å². The van der Waals surface area contributed by atoms with E-state index in [-0.39, 0.29) is 5.69 Å². The molecule has 0 aromatic carbocycles. The van der Waals surface area contributed by atoms with Crippen molar-refractivity contribution in [2.24, 2.45) is 0 Å². The zero-order valence-corrected chi connectivity index (χ0v) is 10.4. The summed E-state index contributed by atoms with van der Waals surface area (Å²) < 4.78 is 4.53. The third-order valence-electron chi connectivity index (χ3n) is 2.03. The summed E-state index contributed by atoms with van der Waals surface area (Å²) in [5.41, 5.74) is 0.214. The topological polar surface area (TPSA) is 64.1 Å². The van der Waals surface area contributed by atoms with E-state index in [1.165, 1.54) is 7.11 Å². The van der Waals surface area contributed by atoms with Crippen molar-refractivity contribution in [3.05, 3.63) is 17.8 Å².